The summed E-state index contributed by atoms with van der Waals surface area (Å²) in [5, 5.41) is 0. The minimum Gasteiger partial charge on any atom is -0.368 e. The third kappa shape index (κ3) is 3.13. The van der Waals surface area contributed by atoms with Crippen molar-refractivity contribution in [2.75, 3.05) is 5.73 Å². The van der Waals surface area contributed by atoms with Crippen LogP contribution in [0.5, 0.6) is 0 Å². The Balaban J connectivity index is 1.83. The van der Waals surface area contributed by atoms with Gasteiger partial charge in [0, 0.05) is 18.2 Å². The van der Waals surface area contributed by atoms with Crippen molar-refractivity contribution in [3.05, 3.63) is 70.8 Å². The fourth-order valence-electron chi connectivity index (χ4n) is 3.86. The first kappa shape index (κ1) is 18.2. The molecule has 5 nitrogen and oxygen atoms in total. The van der Waals surface area contributed by atoms with Crippen molar-refractivity contribution in [3.8, 4) is 11.1 Å². The lowest BCUT2D eigenvalue weighted by Crippen LogP contribution is -2.24. The average Bonchev–Trinajstić information content (AvgIpc) is 2.67. The van der Waals surface area contributed by atoms with Gasteiger partial charge >= 0.3 is 0 Å². The van der Waals surface area contributed by atoms with Gasteiger partial charge in [-0.15, -0.1) is 0 Å². The minimum absolute atomic E-state index is 0.0787. The summed E-state index contributed by atoms with van der Waals surface area (Å²) >= 11 is 0. The Morgan fingerprint density at radius 3 is 2.71 bits per heavy atom. The van der Waals surface area contributed by atoms with Crippen LogP contribution in [0.25, 0.3) is 11.1 Å². The zero-order valence-electron chi connectivity index (χ0n) is 15.2. The van der Waals surface area contributed by atoms with Crippen LogP contribution < -0.4 is 5.73 Å². The molecule has 1 aliphatic carbocycles. The molecule has 0 saturated heterocycles. The number of fused-ring (bicyclic) bond motifs is 1. The number of ketones is 1. The maximum Gasteiger partial charge on any atom is 0.220 e. The Morgan fingerprint density at radius 1 is 1.14 bits per heavy atom. The molecule has 4 rings (SSSR count). The van der Waals surface area contributed by atoms with Crippen molar-refractivity contribution in [2.24, 2.45) is 0 Å². The van der Waals surface area contributed by atoms with Gasteiger partial charge < -0.3 is 5.73 Å². The van der Waals surface area contributed by atoms with Gasteiger partial charge in [0.05, 0.1) is 17.0 Å². The number of benzene rings is 1. The Morgan fingerprint density at radius 2 is 1.96 bits per heavy atom. The van der Waals surface area contributed by atoms with Crippen molar-refractivity contribution in [2.45, 2.75) is 32.1 Å². The Labute approximate surface area is 160 Å². The number of hydrogen-bond acceptors (Lipinski definition) is 5. The number of rotatable bonds is 3. The number of hydrogen-bond donors (Lipinski definition) is 1. The summed E-state index contributed by atoms with van der Waals surface area (Å²) in [5.74, 6) is -1.39. The number of nitrogens with two attached hydrogens (primary N) is 1. The van der Waals surface area contributed by atoms with E-state index in [1.807, 2.05) is 6.92 Å². The second kappa shape index (κ2) is 7.07. The third-order valence-corrected chi connectivity index (χ3v) is 5.07. The van der Waals surface area contributed by atoms with Crippen LogP contribution in [0.2, 0.25) is 0 Å². The molecule has 0 aliphatic heterocycles. The van der Waals surface area contributed by atoms with Crippen molar-refractivity contribution < 1.29 is 13.6 Å². The summed E-state index contributed by atoms with van der Waals surface area (Å²) in [6, 6.07) is 7.34. The Kier molecular flexibility index (Phi) is 4.58. The fraction of sp³-hybridized carbons (Fsp3) is 0.238. The standard InChI is InChI=1S/C21H18F2N4O/c1-2-16-19-17(27-21(24)26-16)8-11(9-18(19)28)13-6-5-12(22)10-15(13)14-4-3-7-25-20(14)23/h3-7,10-11H,2,8-9H2,1H3,(H2,24,26,27). The van der Waals surface area contributed by atoms with E-state index in [1.165, 1.54) is 18.3 Å². The van der Waals surface area contributed by atoms with Crippen molar-refractivity contribution >= 4 is 11.7 Å². The molecule has 2 aromatic heterocycles. The molecule has 1 atom stereocenters. The molecular formula is C21H18F2N4O. The van der Waals surface area contributed by atoms with Gasteiger partial charge in [0.25, 0.3) is 0 Å². The van der Waals surface area contributed by atoms with E-state index in [-0.39, 0.29) is 29.6 Å². The van der Waals surface area contributed by atoms with Crippen molar-refractivity contribution in [3.63, 3.8) is 0 Å². The largest absolute Gasteiger partial charge is 0.368 e. The maximum atomic E-state index is 14.3. The van der Waals surface area contributed by atoms with Crippen LogP contribution in [-0.4, -0.2) is 20.7 Å². The number of aromatic nitrogens is 3. The van der Waals surface area contributed by atoms with E-state index in [4.69, 9.17) is 5.73 Å². The van der Waals surface area contributed by atoms with Crippen LogP contribution in [0, 0.1) is 11.8 Å². The summed E-state index contributed by atoms with van der Waals surface area (Å²) in [7, 11) is 0. The molecular weight excluding hydrogens is 362 g/mol. The average molecular weight is 380 g/mol. The number of halogens is 2. The van der Waals surface area contributed by atoms with E-state index in [0.29, 0.717) is 40.9 Å². The summed E-state index contributed by atoms with van der Waals surface area (Å²) in [5.41, 5.74) is 8.85. The minimum atomic E-state index is -0.684. The highest BCUT2D eigenvalue weighted by Crippen LogP contribution is 2.38. The molecule has 1 unspecified atom stereocenters. The van der Waals surface area contributed by atoms with E-state index in [9.17, 15) is 13.6 Å². The second-order valence-electron chi connectivity index (χ2n) is 6.81. The van der Waals surface area contributed by atoms with Crippen molar-refractivity contribution in [1.82, 2.24) is 15.0 Å². The number of anilines is 1. The Hall–Kier alpha value is -3.22. The van der Waals surface area contributed by atoms with E-state index < -0.39 is 11.8 Å². The zero-order chi connectivity index (χ0) is 19.8. The topological polar surface area (TPSA) is 81.8 Å². The molecule has 0 bridgehead atoms. The highest BCUT2D eigenvalue weighted by molar-refractivity contribution is 6.00. The lowest BCUT2D eigenvalue weighted by atomic mass is 9.78. The molecule has 0 amide bonds. The summed E-state index contributed by atoms with van der Waals surface area (Å²) in [6.07, 6.45) is 2.58. The van der Waals surface area contributed by atoms with Gasteiger partial charge in [-0.25, -0.2) is 19.3 Å². The smallest absolute Gasteiger partial charge is 0.220 e. The third-order valence-electron chi connectivity index (χ3n) is 5.07. The van der Waals surface area contributed by atoms with Crippen LogP contribution in [0.15, 0.2) is 36.5 Å². The summed E-state index contributed by atoms with van der Waals surface area (Å²) in [4.78, 5) is 25.0. The van der Waals surface area contributed by atoms with E-state index in [2.05, 4.69) is 15.0 Å². The molecule has 0 spiro atoms. The molecule has 1 aromatic carbocycles. The molecule has 142 valence electrons. The predicted octanol–water partition coefficient (Wildman–Crippen LogP) is 3.87. The van der Waals surface area contributed by atoms with Crippen LogP contribution >= 0.6 is 0 Å². The maximum absolute atomic E-state index is 14.3. The van der Waals surface area contributed by atoms with Gasteiger partial charge in [-0.3, -0.25) is 4.79 Å². The quantitative estimate of drug-likeness (QED) is 0.698. The molecule has 2 N–H and O–H groups in total. The zero-order valence-corrected chi connectivity index (χ0v) is 15.2. The second-order valence-corrected chi connectivity index (χ2v) is 6.81. The van der Waals surface area contributed by atoms with Gasteiger partial charge in [0.15, 0.2) is 5.78 Å². The van der Waals surface area contributed by atoms with Gasteiger partial charge in [0.2, 0.25) is 11.9 Å². The van der Waals surface area contributed by atoms with Gasteiger partial charge in [-0.2, -0.15) is 4.39 Å². The Bertz CT molecular complexity index is 1080. The molecule has 7 heteroatoms. The number of carbonyl (C=O) groups excluding carboxylic acids is 1. The van der Waals surface area contributed by atoms with Crippen LogP contribution in [0.1, 0.15) is 46.6 Å². The number of aryl methyl sites for hydroxylation is 1. The highest BCUT2D eigenvalue weighted by Gasteiger charge is 2.32. The van der Waals surface area contributed by atoms with Crippen molar-refractivity contribution in [1.29, 1.82) is 0 Å². The number of pyridine rings is 1. The summed E-state index contributed by atoms with van der Waals surface area (Å²) in [6.45, 7) is 1.91. The van der Waals surface area contributed by atoms with Crippen LogP contribution in [0.4, 0.5) is 14.7 Å². The van der Waals surface area contributed by atoms with E-state index in [0.717, 1.165) is 0 Å². The first-order valence-corrected chi connectivity index (χ1v) is 9.06. The van der Waals surface area contributed by atoms with Crippen LogP contribution in [0.3, 0.4) is 0 Å². The van der Waals surface area contributed by atoms with Gasteiger partial charge in [-0.05, 0) is 54.2 Å². The molecule has 2 heterocycles. The fourth-order valence-corrected chi connectivity index (χ4v) is 3.86. The van der Waals surface area contributed by atoms with Gasteiger partial charge in [0.1, 0.15) is 5.82 Å². The van der Waals surface area contributed by atoms with E-state index in [1.54, 1.807) is 18.2 Å². The molecule has 1 aliphatic rings. The predicted molar refractivity (Wildman–Crippen MR) is 101 cm³/mol. The molecule has 0 radical (unpaired) electrons. The monoisotopic (exact) mass is 380 g/mol. The molecule has 3 aromatic rings. The molecule has 0 fully saturated rings. The first-order valence-electron chi connectivity index (χ1n) is 9.06. The number of carbonyl (C=O) groups is 1. The van der Waals surface area contributed by atoms with Gasteiger partial charge in [-0.1, -0.05) is 13.0 Å². The van der Waals surface area contributed by atoms with E-state index >= 15 is 0 Å². The number of Topliss-reactive ketones (excluding diaryl/α,β-unsaturated/α-hetero) is 1. The first-order chi connectivity index (χ1) is 13.5. The summed E-state index contributed by atoms with van der Waals surface area (Å²) < 4.78 is 28.2. The SMILES string of the molecule is CCc1nc(N)nc2c1C(=O)CC(c1ccc(F)cc1-c1cccnc1F)C2. The van der Waals surface area contributed by atoms with Crippen LogP contribution in [-0.2, 0) is 12.8 Å². The lowest BCUT2D eigenvalue weighted by molar-refractivity contribution is 0.0961. The normalized spacial score (nSPS) is 16.1. The molecule has 28 heavy (non-hydrogen) atoms. The molecule has 0 saturated carbocycles. The lowest BCUT2D eigenvalue weighted by Gasteiger charge is -2.26. The number of nitrogen functional groups attached to an aromatic ring is 1. The highest BCUT2D eigenvalue weighted by atomic mass is 19.1. The number of nitrogens with zero attached hydrogens (tertiary/aromatic N) is 3.